The first kappa shape index (κ1) is 11.6. The first-order valence-corrected chi connectivity index (χ1v) is 4.77. The minimum absolute atomic E-state index is 0.00469. The summed E-state index contributed by atoms with van der Waals surface area (Å²) in [5, 5.41) is 8.53. The number of carboxylic acid groups (broad SMARTS) is 1. The number of nitrogens with zero attached hydrogens (tertiary/aromatic N) is 1. The van der Waals surface area contributed by atoms with Crippen molar-refractivity contribution in [2.45, 2.75) is 6.10 Å². The summed E-state index contributed by atoms with van der Waals surface area (Å²) in [5.74, 6) is -4.44. The van der Waals surface area contributed by atoms with Gasteiger partial charge in [-0.1, -0.05) is 0 Å². The van der Waals surface area contributed by atoms with E-state index in [1.807, 2.05) is 0 Å². The molecular weight excluding hydrogens is 239 g/mol. The second kappa shape index (κ2) is 4.15. The molecule has 1 N–H and O–H groups in total. The van der Waals surface area contributed by atoms with Crippen molar-refractivity contribution in [3.8, 4) is 5.75 Å². The number of halogens is 3. The van der Waals surface area contributed by atoms with E-state index in [0.29, 0.717) is 6.07 Å². The highest BCUT2D eigenvalue weighted by Gasteiger charge is 2.33. The first-order chi connectivity index (χ1) is 7.99. The zero-order valence-corrected chi connectivity index (χ0v) is 8.49. The van der Waals surface area contributed by atoms with Crippen molar-refractivity contribution in [3.63, 3.8) is 0 Å². The molecule has 7 heteroatoms. The molecule has 1 aromatic rings. The van der Waals surface area contributed by atoms with Crippen LogP contribution in [0, 0.1) is 17.5 Å². The predicted molar refractivity (Wildman–Crippen MR) is 50.3 cm³/mol. The summed E-state index contributed by atoms with van der Waals surface area (Å²) in [4.78, 5) is 11.4. The largest absolute Gasteiger partial charge is 0.481 e. The Morgan fingerprint density at radius 2 is 1.88 bits per heavy atom. The number of hydrogen-bond donors (Lipinski definition) is 1. The van der Waals surface area contributed by atoms with Gasteiger partial charge in [0.15, 0.2) is 17.4 Å². The summed E-state index contributed by atoms with van der Waals surface area (Å²) in [7, 11) is 0. The Morgan fingerprint density at radius 3 is 2.47 bits per heavy atom. The van der Waals surface area contributed by atoms with Gasteiger partial charge >= 0.3 is 6.09 Å². The number of hydrogen-bond acceptors (Lipinski definition) is 2. The highest BCUT2D eigenvalue weighted by Crippen LogP contribution is 2.26. The van der Waals surface area contributed by atoms with Gasteiger partial charge in [-0.3, -0.25) is 0 Å². The van der Waals surface area contributed by atoms with Crippen LogP contribution >= 0.6 is 0 Å². The maximum Gasteiger partial charge on any atom is 0.407 e. The zero-order valence-electron chi connectivity index (χ0n) is 8.49. The lowest BCUT2D eigenvalue weighted by Gasteiger charge is -2.36. The van der Waals surface area contributed by atoms with Gasteiger partial charge in [0.25, 0.3) is 0 Å². The summed E-state index contributed by atoms with van der Waals surface area (Å²) < 4.78 is 44.0. The van der Waals surface area contributed by atoms with Gasteiger partial charge in [0.2, 0.25) is 5.82 Å². The minimum atomic E-state index is -1.40. The molecule has 17 heavy (non-hydrogen) atoms. The van der Waals surface area contributed by atoms with Crippen LogP contribution in [0.15, 0.2) is 12.1 Å². The second-order valence-corrected chi connectivity index (χ2v) is 3.60. The molecule has 0 unspecified atom stereocenters. The number of carbonyl (C=O) groups is 1. The van der Waals surface area contributed by atoms with Crippen LogP contribution in [0.2, 0.25) is 0 Å². The molecule has 0 radical (unpaired) electrons. The number of amides is 1. The van der Waals surface area contributed by atoms with Gasteiger partial charge in [-0.05, 0) is 12.1 Å². The van der Waals surface area contributed by atoms with Crippen LogP contribution in [0.4, 0.5) is 18.0 Å². The van der Waals surface area contributed by atoms with Crippen LogP contribution in [0.25, 0.3) is 0 Å². The second-order valence-electron chi connectivity index (χ2n) is 3.60. The Labute approximate surface area is 94.2 Å². The molecular formula is C10H8F3NO3. The van der Waals surface area contributed by atoms with Gasteiger partial charge < -0.3 is 14.7 Å². The molecule has 1 fully saturated rings. The fraction of sp³-hybridized carbons (Fsp3) is 0.300. The van der Waals surface area contributed by atoms with Crippen LogP contribution in [0.3, 0.4) is 0 Å². The molecule has 0 aromatic heterocycles. The standard InChI is InChI=1S/C10H8F3NO3/c11-6-1-2-7(12)9(8(6)13)17-5-3-14(4-5)10(15)16/h1-2,5H,3-4H2,(H,15,16). The van der Waals surface area contributed by atoms with Crippen LogP contribution in [-0.4, -0.2) is 35.3 Å². The molecule has 0 saturated carbocycles. The number of likely N-dealkylation sites (tertiary alicyclic amines) is 1. The molecule has 1 saturated heterocycles. The number of benzene rings is 1. The highest BCUT2D eigenvalue weighted by atomic mass is 19.2. The quantitative estimate of drug-likeness (QED) is 0.811. The van der Waals surface area contributed by atoms with Gasteiger partial charge in [0.1, 0.15) is 6.10 Å². The van der Waals surface area contributed by atoms with Crippen LogP contribution in [0.5, 0.6) is 5.75 Å². The third-order valence-electron chi connectivity index (χ3n) is 2.41. The molecule has 1 aliphatic rings. The summed E-state index contributed by atoms with van der Waals surface area (Å²) in [5.41, 5.74) is 0. The summed E-state index contributed by atoms with van der Waals surface area (Å²) in [6.45, 7) is 0.00938. The Balaban J connectivity index is 2.06. The van der Waals surface area contributed by atoms with E-state index in [2.05, 4.69) is 0 Å². The number of ether oxygens (including phenoxy) is 1. The van der Waals surface area contributed by atoms with Gasteiger partial charge in [0.05, 0.1) is 13.1 Å². The molecule has 1 aliphatic heterocycles. The van der Waals surface area contributed by atoms with E-state index in [9.17, 15) is 18.0 Å². The molecule has 0 spiro atoms. The van der Waals surface area contributed by atoms with Crippen LogP contribution < -0.4 is 4.74 Å². The smallest absolute Gasteiger partial charge is 0.407 e. The van der Waals surface area contributed by atoms with Gasteiger partial charge in [-0.2, -0.15) is 4.39 Å². The maximum absolute atomic E-state index is 13.2. The molecule has 0 aliphatic carbocycles. The normalized spacial score (nSPS) is 15.6. The van der Waals surface area contributed by atoms with Crippen molar-refractivity contribution in [2.24, 2.45) is 0 Å². The SMILES string of the molecule is O=C(O)N1CC(Oc2c(F)ccc(F)c2F)C1. The van der Waals surface area contributed by atoms with Gasteiger partial charge in [-0.15, -0.1) is 0 Å². The monoisotopic (exact) mass is 247 g/mol. The molecule has 4 nitrogen and oxygen atoms in total. The first-order valence-electron chi connectivity index (χ1n) is 4.77. The third-order valence-corrected chi connectivity index (χ3v) is 2.41. The minimum Gasteiger partial charge on any atom is -0.481 e. The van der Waals surface area contributed by atoms with E-state index in [1.54, 1.807) is 0 Å². The Hall–Kier alpha value is -1.92. The molecule has 2 rings (SSSR count). The number of rotatable bonds is 2. The van der Waals surface area contributed by atoms with Crippen LogP contribution in [-0.2, 0) is 0 Å². The zero-order chi connectivity index (χ0) is 12.6. The fourth-order valence-corrected chi connectivity index (χ4v) is 1.45. The van der Waals surface area contributed by atoms with E-state index in [4.69, 9.17) is 9.84 Å². The topological polar surface area (TPSA) is 49.8 Å². The van der Waals surface area contributed by atoms with Gasteiger partial charge in [-0.25, -0.2) is 13.6 Å². The maximum atomic E-state index is 13.2. The molecule has 1 amide bonds. The van der Waals surface area contributed by atoms with E-state index in [-0.39, 0.29) is 13.1 Å². The third kappa shape index (κ3) is 2.13. The van der Waals surface area contributed by atoms with Crippen LogP contribution in [0.1, 0.15) is 0 Å². The molecule has 0 bridgehead atoms. The van der Waals surface area contributed by atoms with Crippen molar-refractivity contribution in [3.05, 3.63) is 29.6 Å². The Bertz CT molecular complexity index is 460. The lowest BCUT2D eigenvalue weighted by atomic mass is 10.2. The summed E-state index contributed by atoms with van der Waals surface area (Å²) in [6.07, 6.45) is -1.79. The van der Waals surface area contributed by atoms with E-state index >= 15 is 0 Å². The Kier molecular flexibility index (Phi) is 2.83. The van der Waals surface area contributed by atoms with Crippen molar-refractivity contribution in [1.29, 1.82) is 0 Å². The van der Waals surface area contributed by atoms with Crippen molar-refractivity contribution < 1.29 is 27.8 Å². The average Bonchev–Trinajstić information content (AvgIpc) is 2.20. The highest BCUT2D eigenvalue weighted by molar-refractivity contribution is 5.66. The van der Waals surface area contributed by atoms with E-state index in [1.165, 1.54) is 0 Å². The fourth-order valence-electron chi connectivity index (χ4n) is 1.45. The van der Waals surface area contributed by atoms with Gasteiger partial charge in [0, 0.05) is 0 Å². The lowest BCUT2D eigenvalue weighted by molar-refractivity contribution is 0.0207. The molecule has 1 aromatic carbocycles. The lowest BCUT2D eigenvalue weighted by Crippen LogP contribution is -2.55. The van der Waals surface area contributed by atoms with E-state index in [0.717, 1.165) is 11.0 Å². The summed E-state index contributed by atoms with van der Waals surface area (Å²) >= 11 is 0. The average molecular weight is 247 g/mol. The Morgan fingerprint density at radius 1 is 1.29 bits per heavy atom. The van der Waals surface area contributed by atoms with Crippen molar-refractivity contribution in [1.82, 2.24) is 4.90 Å². The molecule has 92 valence electrons. The van der Waals surface area contributed by atoms with Crippen molar-refractivity contribution >= 4 is 6.09 Å². The molecule has 1 heterocycles. The predicted octanol–water partition coefficient (Wildman–Crippen LogP) is 1.84. The molecule has 0 atom stereocenters. The summed E-state index contributed by atoms with van der Waals surface area (Å²) in [6, 6.07) is 1.41. The van der Waals surface area contributed by atoms with E-state index < -0.39 is 35.4 Å². The van der Waals surface area contributed by atoms with Crippen molar-refractivity contribution in [2.75, 3.05) is 13.1 Å².